The predicted molar refractivity (Wildman–Crippen MR) is 92.7 cm³/mol. The van der Waals surface area contributed by atoms with Crippen molar-refractivity contribution in [1.29, 1.82) is 0 Å². The average Bonchev–Trinajstić information content (AvgIpc) is 3.45. The molecule has 0 radical (unpaired) electrons. The third-order valence-electron chi connectivity index (χ3n) is 4.43. The van der Waals surface area contributed by atoms with Crippen LogP contribution in [0.25, 0.3) is 0 Å². The molecule has 26 heavy (non-hydrogen) atoms. The molecule has 0 atom stereocenters. The van der Waals surface area contributed by atoms with Crippen molar-refractivity contribution in [2.24, 2.45) is 0 Å². The first-order valence-electron chi connectivity index (χ1n) is 8.27. The summed E-state index contributed by atoms with van der Waals surface area (Å²) in [6.07, 6.45) is 1.50. The van der Waals surface area contributed by atoms with E-state index in [1.54, 1.807) is 18.2 Å². The molecule has 1 aliphatic heterocycles. The van der Waals surface area contributed by atoms with Gasteiger partial charge in [-0.3, -0.25) is 4.79 Å². The molecule has 1 saturated carbocycles. The summed E-state index contributed by atoms with van der Waals surface area (Å²) in [6.45, 7) is -0.125. The summed E-state index contributed by atoms with van der Waals surface area (Å²) in [5, 5.41) is 2.61. The monoisotopic (exact) mass is 376 g/mol. The number of fused-ring (bicyclic) bond motifs is 1. The molecule has 0 saturated heterocycles. The number of benzene rings is 2. The molecule has 0 unspecified atom stereocenters. The lowest BCUT2D eigenvalue weighted by Gasteiger charge is -2.24. The maximum Gasteiger partial charge on any atom is 0.262 e. The van der Waals surface area contributed by atoms with Gasteiger partial charge in [-0.15, -0.1) is 0 Å². The molecule has 8 heteroatoms. The third-order valence-corrected chi connectivity index (χ3v) is 6.32. The molecule has 2 aromatic rings. The minimum Gasteiger partial charge on any atom is -0.482 e. The second-order valence-corrected chi connectivity index (χ2v) is 8.26. The van der Waals surface area contributed by atoms with Gasteiger partial charge in [0.1, 0.15) is 11.6 Å². The number of nitrogens with zero attached hydrogens (tertiary/aromatic N) is 1. The van der Waals surface area contributed by atoms with E-state index < -0.39 is 15.8 Å². The number of ether oxygens (including phenoxy) is 1. The number of hydrogen-bond donors (Lipinski definition) is 1. The molecule has 1 heterocycles. The molecule has 136 valence electrons. The topological polar surface area (TPSA) is 75.7 Å². The van der Waals surface area contributed by atoms with Gasteiger partial charge in [-0.2, -0.15) is 4.31 Å². The van der Waals surface area contributed by atoms with Crippen molar-refractivity contribution >= 4 is 21.6 Å². The van der Waals surface area contributed by atoms with Gasteiger partial charge in [0.2, 0.25) is 10.0 Å². The van der Waals surface area contributed by atoms with Crippen molar-refractivity contribution in [3.8, 4) is 5.75 Å². The summed E-state index contributed by atoms with van der Waals surface area (Å²) < 4.78 is 46.9. The van der Waals surface area contributed by atoms with E-state index >= 15 is 0 Å². The van der Waals surface area contributed by atoms with Crippen LogP contribution in [0.3, 0.4) is 0 Å². The second-order valence-electron chi connectivity index (χ2n) is 6.37. The quantitative estimate of drug-likeness (QED) is 0.870. The summed E-state index contributed by atoms with van der Waals surface area (Å²) in [5.41, 5.74) is 0.654. The fourth-order valence-corrected chi connectivity index (χ4v) is 4.62. The highest BCUT2D eigenvalue weighted by Crippen LogP contribution is 2.36. The number of amides is 1. The Bertz CT molecular complexity index is 973. The summed E-state index contributed by atoms with van der Waals surface area (Å²) in [4.78, 5) is 11.5. The fourth-order valence-electron chi connectivity index (χ4n) is 2.93. The summed E-state index contributed by atoms with van der Waals surface area (Å²) in [7, 11) is -3.84. The van der Waals surface area contributed by atoms with Crippen molar-refractivity contribution in [3.63, 3.8) is 0 Å². The van der Waals surface area contributed by atoms with Gasteiger partial charge in [-0.25, -0.2) is 12.8 Å². The Morgan fingerprint density at radius 1 is 1.19 bits per heavy atom. The third kappa shape index (κ3) is 3.17. The molecule has 1 amide bonds. The van der Waals surface area contributed by atoms with Crippen LogP contribution in [0, 0.1) is 5.82 Å². The number of rotatable bonds is 5. The zero-order valence-corrected chi connectivity index (χ0v) is 14.6. The summed E-state index contributed by atoms with van der Waals surface area (Å²) in [6, 6.07) is 10.4. The molecule has 0 spiro atoms. The Balaban J connectivity index is 1.68. The van der Waals surface area contributed by atoms with Crippen LogP contribution >= 0.6 is 0 Å². The number of carbonyl (C=O) groups excluding carboxylic acids is 1. The van der Waals surface area contributed by atoms with Crippen LogP contribution in [-0.4, -0.2) is 31.3 Å². The summed E-state index contributed by atoms with van der Waals surface area (Å²) >= 11 is 0. The van der Waals surface area contributed by atoms with Gasteiger partial charge in [-0.1, -0.05) is 18.2 Å². The SMILES string of the molecule is O=C1COc2ccc(S(=O)(=O)N(Cc3ccccc3F)C3CC3)cc2N1. The fraction of sp³-hybridized carbons (Fsp3) is 0.278. The maximum atomic E-state index is 14.0. The normalized spacial score (nSPS) is 16.8. The Kier molecular flexibility index (Phi) is 4.16. The zero-order chi connectivity index (χ0) is 18.3. The van der Waals surface area contributed by atoms with Gasteiger partial charge in [0.05, 0.1) is 10.6 Å². The number of nitrogens with one attached hydrogen (secondary N) is 1. The molecule has 1 aliphatic carbocycles. The Morgan fingerprint density at radius 3 is 2.69 bits per heavy atom. The lowest BCUT2D eigenvalue weighted by Crippen LogP contribution is -2.33. The molecular formula is C18H17FN2O4S. The van der Waals surface area contributed by atoms with Crippen LogP contribution < -0.4 is 10.1 Å². The highest BCUT2D eigenvalue weighted by molar-refractivity contribution is 7.89. The number of anilines is 1. The van der Waals surface area contributed by atoms with E-state index in [9.17, 15) is 17.6 Å². The van der Waals surface area contributed by atoms with E-state index in [1.165, 1.54) is 28.6 Å². The van der Waals surface area contributed by atoms with Crippen LogP contribution in [-0.2, 0) is 21.4 Å². The van der Waals surface area contributed by atoms with Crippen LogP contribution in [0.1, 0.15) is 18.4 Å². The molecule has 0 bridgehead atoms. The van der Waals surface area contributed by atoms with Gasteiger partial charge in [0.15, 0.2) is 6.61 Å². The molecule has 4 rings (SSSR count). The Labute approximate surface area is 150 Å². The molecule has 2 aromatic carbocycles. The molecule has 6 nitrogen and oxygen atoms in total. The van der Waals surface area contributed by atoms with E-state index in [0.29, 0.717) is 17.0 Å². The van der Waals surface area contributed by atoms with E-state index in [4.69, 9.17) is 4.74 Å². The lowest BCUT2D eigenvalue weighted by molar-refractivity contribution is -0.118. The van der Waals surface area contributed by atoms with Gasteiger partial charge < -0.3 is 10.1 Å². The summed E-state index contributed by atoms with van der Waals surface area (Å²) in [5.74, 6) is -0.340. The Hall–Kier alpha value is -2.45. The minimum atomic E-state index is -3.84. The highest BCUT2D eigenvalue weighted by atomic mass is 32.2. The number of halogens is 1. The van der Waals surface area contributed by atoms with Crippen molar-refractivity contribution in [2.75, 3.05) is 11.9 Å². The van der Waals surface area contributed by atoms with Crippen molar-refractivity contribution in [1.82, 2.24) is 4.31 Å². The average molecular weight is 376 g/mol. The van der Waals surface area contributed by atoms with Gasteiger partial charge in [0, 0.05) is 18.2 Å². The Morgan fingerprint density at radius 2 is 1.96 bits per heavy atom. The number of hydrogen-bond acceptors (Lipinski definition) is 4. The van der Waals surface area contributed by atoms with Crippen LogP contribution in [0.15, 0.2) is 47.4 Å². The highest BCUT2D eigenvalue weighted by Gasteiger charge is 2.38. The molecule has 0 aromatic heterocycles. The minimum absolute atomic E-state index is 0.0282. The van der Waals surface area contributed by atoms with Crippen molar-refractivity contribution < 1.29 is 22.3 Å². The first-order valence-corrected chi connectivity index (χ1v) is 9.71. The van der Waals surface area contributed by atoms with E-state index in [0.717, 1.165) is 12.8 Å². The predicted octanol–water partition coefficient (Wildman–Crippen LogP) is 2.51. The van der Waals surface area contributed by atoms with E-state index in [2.05, 4.69) is 5.32 Å². The molecular weight excluding hydrogens is 359 g/mol. The van der Waals surface area contributed by atoms with E-state index in [1.807, 2.05) is 0 Å². The second kappa shape index (κ2) is 6.37. The van der Waals surface area contributed by atoms with Crippen LogP contribution in [0.5, 0.6) is 5.75 Å². The van der Waals surface area contributed by atoms with Gasteiger partial charge >= 0.3 is 0 Å². The van der Waals surface area contributed by atoms with Crippen LogP contribution in [0.2, 0.25) is 0 Å². The first kappa shape index (κ1) is 17.0. The van der Waals surface area contributed by atoms with E-state index in [-0.39, 0.29) is 30.0 Å². The standard InChI is InChI=1S/C18H17FN2O4S/c19-15-4-2-1-3-12(15)10-21(13-5-6-13)26(23,24)14-7-8-17-16(9-14)20-18(22)11-25-17/h1-4,7-9,13H,5-6,10-11H2,(H,20,22). The first-order chi connectivity index (χ1) is 12.4. The largest absolute Gasteiger partial charge is 0.482 e. The van der Waals surface area contributed by atoms with Crippen molar-refractivity contribution in [3.05, 3.63) is 53.8 Å². The molecule has 2 aliphatic rings. The lowest BCUT2D eigenvalue weighted by atomic mass is 10.2. The molecule has 1 fully saturated rings. The van der Waals surface area contributed by atoms with Gasteiger partial charge in [-0.05, 0) is 37.1 Å². The van der Waals surface area contributed by atoms with Crippen LogP contribution in [0.4, 0.5) is 10.1 Å². The smallest absolute Gasteiger partial charge is 0.262 e. The maximum absolute atomic E-state index is 14.0. The zero-order valence-electron chi connectivity index (χ0n) is 13.8. The van der Waals surface area contributed by atoms with Crippen molar-refractivity contribution in [2.45, 2.75) is 30.3 Å². The number of sulfonamides is 1. The van der Waals surface area contributed by atoms with Gasteiger partial charge in [0.25, 0.3) is 5.91 Å². The molecule has 1 N–H and O–H groups in total. The number of carbonyl (C=O) groups is 1.